The lowest BCUT2D eigenvalue weighted by atomic mass is 9.90. The molecule has 0 radical (unpaired) electrons. The van der Waals surface area contributed by atoms with Crippen LogP contribution in [0.5, 0.6) is 0 Å². The van der Waals surface area contributed by atoms with E-state index >= 15 is 0 Å². The van der Waals surface area contributed by atoms with Crippen LogP contribution in [0, 0.1) is 12.7 Å². The number of carbonyl (C=O) groups is 1. The number of piperidine rings is 1. The monoisotopic (exact) mass is 458 g/mol. The molecule has 1 atom stereocenters. The number of carboxylic acid groups (broad SMARTS) is 1. The van der Waals surface area contributed by atoms with E-state index in [4.69, 9.17) is 19.1 Å². The van der Waals surface area contributed by atoms with Crippen molar-refractivity contribution in [3.63, 3.8) is 0 Å². The van der Waals surface area contributed by atoms with E-state index in [0.717, 1.165) is 69.4 Å². The standard InChI is InChI=1S/C20H25FN2O2.C2HF3O2/c1-16-6-7-19(25-16)13-22-10-11-24-20(14-22)8-3-9-23(15-20)18-5-2-4-17(21)12-18;3-2(4,5)1(6)7/h2,4-7,12H,3,8-11,13-15H2,1H3;(H,6,7). The molecule has 2 aromatic rings. The number of anilines is 1. The molecule has 0 bridgehead atoms. The molecular formula is C22H26F4N2O4. The Hall–Kier alpha value is -2.59. The number of carboxylic acids is 1. The Labute approximate surface area is 183 Å². The lowest BCUT2D eigenvalue weighted by molar-refractivity contribution is -0.192. The number of hydrogen-bond donors (Lipinski definition) is 1. The molecule has 1 aromatic carbocycles. The molecule has 6 nitrogen and oxygen atoms in total. The molecule has 0 aliphatic carbocycles. The van der Waals surface area contributed by atoms with Crippen LogP contribution >= 0.6 is 0 Å². The molecule has 4 rings (SSSR count). The van der Waals surface area contributed by atoms with Crippen molar-refractivity contribution in [1.29, 1.82) is 0 Å². The van der Waals surface area contributed by atoms with Gasteiger partial charge < -0.3 is 19.2 Å². The first kappa shape index (κ1) is 24.1. The van der Waals surface area contributed by atoms with E-state index in [0.29, 0.717) is 0 Å². The molecule has 1 unspecified atom stereocenters. The van der Waals surface area contributed by atoms with Crippen molar-refractivity contribution < 1.29 is 36.6 Å². The predicted molar refractivity (Wildman–Crippen MR) is 109 cm³/mol. The summed E-state index contributed by atoms with van der Waals surface area (Å²) in [5.74, 6) is -0.982. The quantitative estimate of drug-likeness (QED) is 0.695. The average Bonchev–Trinajstić information content (AvgIpc) is 3.12. The van der Waals surface area contributed by atoms with Gasteiger partial charge in [0.25, 0.3) is 0 Å². The molecule has 2 aliphatic rings. The number of aliphatic carboxylic acids is 1. The Morgan fingerprint density at radius 3 is 2.56 bits per heavy atom. The van der Waals surface area contributed by atoms with Crippen LogP contribution < -0.4 is 4.90 Å². The topological polar surface area (TPSA) is 66.2 Å². The van der Waals surface area contributed by atoms with Crippen LogP contribution in [0.1, 0.15) is 24.4 Å². The van der Waals surface area contributed by atoms with Crippen LogP contribution in [0.2, 0.25) is 0 Å². The minimum Gasteiger partial charge on any atom is -0.475 e. The molecule has 1 N–H and O–H groups in total. The Morgan fingerprint density at radius 1 is 1.19 bits per heavy atom. The third kappa shape index (κ3) is 6.46. The van der Waals surface area contributed by atoms with Gasteiger partial charge in [-0.05, 0) is 50.1 Å². The summed E-state index contributed by atoms with van der Waals surface area (Å²) in [6, 6.07) is 10.9. The van der Waals surface area contributed by atoms with Crippen molar-refractivity contribution in [3.8, 4) is 0 Å². The molecule has 1 aromatic heterocycles. The lowest BCUT2D eigenvalue weighted by Gasteiger charge is -2.48. The summed E-state index contributed by atoms with van der Waals surface area (Å²) in [7, 11) is 0. The van der Waals surface area contributed by atoms with E-state index in [1.165, 1.54) is 6.07 Å². The zero-order valence-corrected chi connectivity index (χ0v) is 17.7. The van der Waals surface area contributed by atoms with Crippen LogP contribution in [-0.2, 0) is 16.1 Å². The zero-order chi connectivity index (χ0) is 23.4. The molecule has 10 heteroatoms. The highest BCUT2D eigenvalue weighted by Gasteiger charge is 2.41. The van der Waals surface area contributed by atoms with E-state index in [-0.39, 0.29) is 11.4 Å². The molecule has 2 saturated heterocycles. The molecule has 1 spiro atoms. The van der Waals surface area contributed by atoms with Gasteiger partial charge >= 0.3 is 12.1 Å². The van der Waals surface area contributed by atoms with Crippen molar-refractivity contribution in [3.05, 3.63) is 53.7 Å². The van der Waals surface area contributed by atoms with Gasteiger partial charge in [-0.25, -0.2) is 9.18 Å². The van der Waals surface area contributed by atoms with Gasteiger partial charge in [0.1, 0.15) is 17.3 Å². The number of nitrogens with zero attached hydrogens (tertiary/aromatic N) is 2. The Balaban J connectivity index is 0.000000360. The predicted octanol–water partition coefficient (Wildman–Crippen LogP) is 4.23. The van der Waals surface area contributed by atoms with Crippen molar-refractivity contribution in [2.45, 2.75) is 38.1 Å². The number of alkyl halides is 3. The minimum atomic E-state index is -5.08. The van der Waals surface area contributed by atoms with Crippen LogP contribution in [0.3, 0.4) is 0 Å². The summed E-state index contributed by atoms with van der Waals surface area (Å²) in [5, 5.41) is 7.12. The van der Waals surface area contributed by atoms with E-state index < -0.39 is 12.1 Å². The maximum Gasteiger partial charge on any atom is 0.490 e. The lowest BCUT2D eigenvalue weighted by Crippen LogP contribution is -2.59. The molecule has 3 heterocycles. The highest BCUT2D eigenvalue weighted by Crippen LogP contribution is 2.32. The molecular weight excluding hydrogens is 432 g/mol. The molecule has 0 amide bonds. The summed E-state index contributed by atoms with van der Waals surface area (Å²) >= 11 is 0. The normalized spacial score (nSPS) is 21.8. The highest BCUT2D eigenvalue weighted by molar-refractivity contribution is 5.73. The van der Waals surface area contributed by atoms with Gasteiger partial charge in [0.05, 0.1) is 18.8 Å². The summed E-state index contributed by atoms with van der Waals surface area (Å²) in [6.07, 6.45) is -2.98. The van der Waals surface area contributed by atoms with Gasteiger partial charge in [0, 0.05) is 31.9 Å². The summed E-state index contributed by atoms with van der Waals surface area (Å²) < 4.78 is 57.3. The molecule has 0 saturated carbocycles. The van der Waals surface area contributed by atoms with Gasteiger partial charge in [-0.1, -0.05) is 6.07 Å². The van der Waals surface area contributed by atoms with Gasteiger partial charge in [-0.3, -0.25) is 4.90 Å². The number of morpholine rings is 1. The largest absolute Gasteiger partial charge is 0.490 e. The van der Waals surface area contributed by atoms with Crippen molar-refractivity contribution in [2.75, 3.05) is 37.7 Å². The first-order valence-corrected chi connectivity index (χ1v) is 10.3. The Bertz CT molecular complexity index is 913. The van der Waals surface area contributed by atoms with E-state index in [2.05, 4.69) is 15.9 Å². The van der Waals surface area contributed by atoms with Gasteiger partial charge in [-0.2, -0.15) is 13.2 Å². The summed E-state index contributed by atoms with van der Waals surface area (Å²) in [6.45, 7) is 7.09. The summed E-state index contributed by atoms with van der Waals surface area (Å²) in [4.78, 5) is 13.6. The minimum absolute atomic E-state index is 0.176. The van der Waals surface area contributed by atoms with Crippen LogP contribution in [0.25, 0.3) is 0 Å². The third-order valence-corrected chi connectivity index (χ3v) is 5.46. The SMILES string of the molecule is Cc1ccc(CN2CCOC3(CCCN(c4cccc(F)c4)C3)C2)o1.O=C(O)C(F)(F)F. The van der Waals surface area contributed by atoms with E-state index in [9.17, 15) is 17.6 Å². The van der Waals surface area contributed by atoms with Crippen molar-refractivity contribution in [2.24, 2.45) is 0 Å². The molecule has 2 fully saturated rings. The second-order valence-electron chi connectivity index (χ2n) is 8.06. The molecule has 176 valence electrons. The Morgan fingerprint density at radius 2 is 1.94 bits per heavy atom. The second kappa shape index (κ2) is 9.91. The van der Waals surface area contributed by atoms with Crippen LogP contribution in [-0.4, -0.2) is 60.5 Å². The number of halogens is 4. The maximum atomic E-state index is 13.6. The smallest absolute Gasteiger partial charge is 0.475 e. The number of hydrogen-bond acceptors (Lipinski definition) is 5. The van der Waals surface area contributed by atoms with Gasteiger partial charge in [-0.15, -0.1) is 0 Å². The number of aryl methyl sites for hydroxylation is 1. The zero-order valence-electron chi connectivity index (χ0n) is 17.7. The number of ether oxygens (including phenoxy) is 1. The molecule has 2 aliphatic heterocycles. The second-order valence-corrected chi connectivity index (χ2v) is 8.06. The third-order valence-electron chi connectivity index (χ3n) is 5.46. The Kier molecular flexibility index (Phi) is 7.45. The van der Waals surface area contributed by atoms with E-state index in [1.54, 1.807) is 12.1 Å². The summed E-state index contributed by atoms with van der Waals surface area (Å²) in [5.41, 5.74) is 0.770. The maximum absolute atomic E-state index is 13.6. The fraction of sp³-hybridized carbons (Fsp3) is 0.500. The highest BCUT2D eigenvalue weighted by atomic mass is 19.4. The van der Waals surface area contributed by atoms with Crippen molar-refractivity contribution in [1.82, 2.24) is 4.90 Å². The number of benzene rings is 1. The van der Waals surface area contributed by atoms with Crippen molar-refractivity contribution >= 4 is 11.7 Å². The fourth-order valence-corrected chi connectivity index (χ4v) is 4.09. The van der Waals surface area contributed by atoms with Gasteiger partial charge in [0.2, 0.25) is 0 Å². The first-order chi connectivity index (χ1) is 15.1. The van der Waals surface area contributed by atoms with E-state index in [1.807, 2.05) is 19.1 Å². The number of furan rings is 1. The van der Waals surface area contributed by atoms with Gasteiger partial charge in [0.15, 0.2) is 0 Å². The average molecular weight is 458 g/mol. The van der Waals surface area contributed by atoms with Crippen LogP contribution in [0.15, 0.2) is 40.8 Å². The molecule has 32 heavy (non-hydrogen) atoms. The fourth-order valence-electron chi connectivity index (χ4n) is 4.09. The number of rotatable bonds is 3. The first-order valence-electron chi connectivity index (χ1n) is 10.3. The van der Waals surface area contributed by atoms with Crippen LogP contribution in [0.4, 0.5) is 23.2 Å².